The minimum absolute atomic E-state index is 0.0331. The summed E-state index contributed by atoms with van der Waals surface area (Å²) in [4.78, 5) is 36.2. The highest BCUT2D eigenvalue weighted by atomic mass is 79.9. The second-order valence-corrected chi connectivity index (χ2v) is 6.37. The van der Waals surface area contributed by atoms with Crippen molar-refractivity contribution in [1.82, 2.24) is 10.2 Å². The Balaban J connectivity index is 2.43. The number of aliphatic carboxylic acids is 1. The predicted octanol–water partition coefficient (Wildman–Crippen LogP) is 1.57. The molecule has 0 aromatic heterocycles. The normalized spacial score (nSPS) is 15.9. The fourth-order valence-electron chi connectivity index (χ4n) is 2.12. The van der Waals surface area contributed by atoms with Crippen molar-refractivity contribution in [3.05, 3.63) is 27.7 Å². The van der Waals surface area contributed by atoms with E-state index in [1.165, 1.54) is 13.1 Å². The van der Waals surface area contributed by atoms with E-state index in [-0.39, 0.29) is 22.2 Å². The monoisotopic (exact) mass is 442 g/mol. The van der Waals surface area contributed by atoms with Gasteiger partial charge in [-0.15, -0.1) is 0 Å². The molecule has 1 aliphatic rings. The fourth-order valence-corrected chi connectivity index (χ4v) is 2.87. The van der Waals surface area contributed by atoms with E-state index in [2.05, 4.69) is 21.2 Å². The number of benzene rings is 1. The van der Waals surface area contributed by atoms with Gasteiger partial charge in [0.2, 0.25) is 0 Å². The molecule has 0 radical (unpaired) electrons. The van der Waals surface area contributed by atoms with Crippen molar-refractivity contribution in [3.8, 4) is 11.5 Å². The Morgan fingerprint density at radius 1 is 1.38 bits per heavy atom. The average Bonchev–Trinajstić information content (AvgIpc) is 2.56. The third-order valence-corrected chi connectivity index (χ3v) is 4.25. The van der Waals surface area contributed by atoms with E-state index in [1.807, 2.05) is 0 Å². The van der Waals surface area contributed by atoms with Gasteiger partial charge in [0, 0.05) is 7.05 Å². The summed E-state index contributed by atoms with van der Waals surface area (Å²) in [5.41, 5.74) is 0.400. The lowest BCUT2D eigenvalue weighted by Gasteiger charge is -2.25. The summed E-state index contributed by atoms with van der Waals surface area (Å²) in [5.74, 6) is -1.76. The molecule has 1 fully saturated rings. The second kappa shape index (κ2) is 8.28. The Morgan fingerprint density at radius 3 is 2.69 bits per heavy atom. The molecule has 10 heteroatoms. The molecule has 26 heavy (non-hydrogen) atoms. The molecule has 0 saturated carbocycles. The molecule has 0 atom stereocenters. The first kappa shape index (κ1) is 19.9. The molecule has 0 unspecified atom stereocenters. The Kier molecular flexibility index (Phi) is 6.32. The molecule has 2 amide bonds. The minimum atomic E-state index is -1.13. The standard InChI is InChI=1S/C16H15BrN2O6S/c1-3-24-11-6-8(5-10(17)13(11)25-7-12(20)21)4-9-14(22)18-16(26)19(2)15(9)23/h4-6H,3,7H2,1-2H3,(H,20,21)(H,18,22,26)/b9-4+. The molecule has 0 spiro atoms. The lowest BCUT2D eigenvalue weighted by Crippen LogP contribution is -2.52. The third kappa shape index (κ3) is 4.38. The Bertz CT molecular complexity index is 823. The lowest BCUT2D eigenvalue weighted by atomic mass is 10.1. The van der Waals surface area contributed by atoms with Gasteiger partial charge in [0.25, 0.3) is 11.8 Å². The number of hydrogen-bond acceptors (Lipinski definition) is 6. The summed E-state index contributed by atoms with van der Waals surface area (Å²) in [5, 5.41) is 11.2. The summed E-state index contributed by atoms with van der Waals surface area (Å²) in [6.45, 7) is 1.53. The number of nitrogens with zero attached hydrogens (tertiary/aromatic N) is 1. The van der Waals surface area contributed by atoms with Crippen molar-refractivity contribution in [2.75, 3.05) is 20.3 Å². The molecule has 1 aromatic rings. The third-order valence-electron chi connectivity index (χ3n) is 3.29. The van der Waals surface area contributed by atoms with Gasteiger partial charge < -0.3 is 14.6 Å². The van der Waals surface area contributed by atoms with Gasteiger partial charge in [-0.1, -0.05) is 0 Å². The van der Waals surface area contributed by atoms with Crippen LogP contribution in [-0.4, -0.2) is 53.2 Å². The maximum atomic E-state index is 12.3. The van der Waals surface area contributed by atoms with E-state index in [9.17, 15) is 14.4 Å². The molecule has 0 bridgehead atoms. The van der Waals surface area contributed by atoms with Crippen LogP contribution in [0.5, 0.6) is 11.5 Å². The predicted molar refractivity (Wildman–Crippen MR) is 99.9 cm³/mol. The number of thiocarbonyl (C=S) groups is 1. The molecule has 1 heterocycles. The van der Waals surface area contributed by atoms with E-state index >= 15 is 0 Å². The van der Waals surface area contributed by atoms with Crippen LogP contribution in [-0.2, 0) is 14.4 Å². The number of likely N-dealkylation sites (N-methyl/N-ethyl adjacent to an activating group) is 1. The van der Waals surface area contributed by atoms with Crippen molar-refractivity contribution >= 4 is 57.1 Å². The maximum absolute atomic E-state index is 12.3. The Labute approximate surface area is 162 Å². The van der Waals surface area contributed by atoms with Crippen molar-refractivity contribution in [2.24, 2.45) is 0 Å². The van der Waals surface area contributed by atoms with Crippen molar-refractivity contribution in [2.45, 2.75) is 6.92 Å². The van der Waals surface area contributed by atoms with E-state index in [0.717, 1.165) is 4.90 Å². The van der Waals surface area contributed by atoms with Gasteiger partial charge in [0.15, 0.2) is 23.2 Å². The number of carboxylic acid groups (broad SMARTS) is 1. The van der Waals surface area contributed by atoms with Gasteiger partial charge in [-0.05, 0) is 58.8 Å². The summed E-state index contributed by atoms with van der Waals surface area (Å²) in [7, 11) is 1.46. The molecule has 1 aromatic carbocycles. The summed E-state index contributed by atoms with van der Waals surface area (Å²) in [6, 6.07) is 3.13. The smallest absolute Gasteiger partial charge is 0.341 e. The number of nitrogens with one attached hydrogen (secondary N) is 1. The minimum Gasteiger partial charge on any atom is -0.490 e. The Morgan fingerprint density at radius 2 is 2.08 bits per heavy atom. The highest BCUT2D eigenvalue weighted by Crippen LogP contribution is 2.37. The van der Waals surface area contributed by atoms with E-state index in [1.54, 1.807) is 19.1 Å². The van der Waals surface area contributed by atoms with Gasteiger partial charge in [-0.2, -0.15) is 0 Å². The molecule has 138 valence electrons. The topological polar surface area (TPSA) is 105 Å². The first-order chi connectivity index (χ1) is 12.2. The number of carbonyl (C=O) groups is 3. The van der Waals surface area contributed by atoms with Gasteiger partial charge in [0.05, 0.1) is 11.1 Å². The summed E-state index contributed by atoms with van der Waals surface area (Å²) >= 11 is 8.19. The number of carbonyl (C=O) groups excluding carboxylic acids is 2. The average molecular weight is 443 g/mol. The first-order valence-electron chi connectivity index (χ1n) is 7.40. The maximum Gasteiger partial charge on any atom is 0.341 e. The number of ether oxygens (including phenoxy) is 2. The molecule has 0 aliphatic carbocycles. The molecular formula is C16H15BrN2O6S. The van der Waals surface area contributed by atoms with Crippen LogP contribution in [0.25, 0.3) is 6.08 Å². The molecule has 1 aliphatic heterocycles. The highest BCUT2D eigenvalue weighted by molar-refractivity contribution is 9.10. The van der Waals surface area contributed by atoms with Crippen molar-refractivity contribution < 1.29 is 29.0 Å². The van der Waals surface area contributed by atoms with Crippen LogP contribution in [0.15, 0.2) is 22.2 Å². The van der Waals surface area contributed by atoms with Crippen LogP contribution in [0.4, 0.5) is 0 Å². The lowest BCUT2D eigenvalue weighted by molar-refractivity contribution is -0.139. The van der Waals surface area contributed by atoms with Crippen LogP contribution in [0, 0.1) is 0 Å². The zero-order valence-corrected chi connectivity index (χ0v) is 16.3. The summed E-state index contributed by atoms with van der Waals surface area (Å²) < 4.78 is 11.1. The van der Waals surface area contributed by atoms with Crippen molar-refractivity contribution in [3.63, 3.8) is 0 Å². The van der Waals surface area contributed by atoms with E-state index in [4.69, 9.17) is 26.8 Å². The largest absolute Gasteiger partial charge is 0.490 e. The second-order valence-electron chi connectivity index (χ2n) is 5.13. The number of carboxylic acids is 1. The van der Waals surface area contributed by atoms with Gasteiger partial charge >= 0.3 is 5.97 Å². The number of hydrogen-bond donors (Lipinski definition) is 2. The molecule has 1 saturated heterocycles. The quantitative estimate of drug-likeness (QED) is 0.391. The zero-order chi connectivity index (χ0) is 19.4. The van der Waals surface area contributed by atoms with Crippen LogP contribution in [0.3, 0.4) is 0 Å². The van der Waals surface area contributed by atoms with Gasteiger partial charge in [0.1, 0.15) is 5.57 Å². The molecule has 8 nitrogen and oxygen atoms in total. The van der Waals surface area contributed by atoms with E-state index in [0.29, 0.717) is 16.6 Å². The number of rotatable bonds is 6. The Hall–Kier alpha value is -2.46. The highest BCUT2D eigenvalue weighted by Gasteiger charge is 2.30. The fraction of sp³-hybridized carbons (Fsp3) is 0.250. The SMILES string of the molecule is CCOc1cc(/C=C2\C(=O)NC(=S)N(C)C2=O)cc(Br)c1OCC(=O)O. The summed E-state index contributed by atoms with van der Waals surface area (Å²) in [6.07, 6.45) is 1.39. The van der Waals surface area contributed by atoms with Crippen LogP contribution in [0.2, 0.25) is 0 Å². The number of amides is 2. The van der Waals surface area contributed by atoms with Crippen LogP contribution < -0.4 is 14.8 Å². The molecular weight excluding hydrogens is 428 g/mol. The first-order valence-corrected chi connectivity index (χ1v) is 8.60. The van der Waals surface area contributed by atoms with Gasteiger partial charge in [-0.3, -0.25) is 19.8 Å². The number of halogens is 1. The molecule has 2 N–H and O–H groups in total. The van der Waals surface area contributed by atoms with Crippen molar-refractivity contribution in [1.29, 1.82) is 0 Å². The molecule has 2 rings (SSSR count). The van der Waals surface area contributed by atoms with Crippen LogP contribution in [0.1, 0.15) is 12.5 Å². The zero-order valence-electron chi connectivity index (χ0n) is 13.9. The van der Waals surface area contributed by atoms with Gasteiger partial charge in [-0.25, -0.2) is 4.79 Å². The van der Waals surface area contributed by atoms with E-state index < -0.39 is 24.4 Å². The van der Waals surface area contributed by atoms with Crippen LogP contribution >= 0.6 is 28.1 Å².